The Morgan fingerprint density at radius 1 is 1.16 bits per heavy atom. The molecular weight excluding hydrogens is 262 g/mol. The smallest absolute Gasteiger partial charge is 0.232 e. The molecule has 1 heterocycles. The fraction of sp³-hybridized carbons (Fsp3) is 0.692. The molecule has 6 heteroatoms. The Morgan fingerprint density at radius 2 is 1.74 bits per heavy atom. The molecule has 0 saturated heterocycles. The van der Waals surface area contributed by atoms with Gasteiger partial charge in [-0.05, 0) is 6.92 Å². The van der Waals surface area contributed by atoms with E-state index in [1.54, 1.807) is 13.8 Å². The molecule has 1 rings (SSSR count). The van der Waals surface area contributed by atoms with Crippen molar-refractivity contribution in [3.63, 3.8) is 0 Å². The van der Waals surface area contributed by atoms with Crippen LogP contribution in [0.2, 0.25) is 0 Å². The molecule has 0 aliphatic carbocycles. The van der Waals surface area contributed by atoms with E-state index in [9.17, 15) is 9.59 Å². The maximum atomic E-state index is 12.1. The van der Waals surface area contributed by atoms with Gasteiger partial charge < -0.3 is 5.32 Å². The third-order valence-corrected chi connectivity index (χ3v) is 3.86. The molecule has 5 nitrogen and oxygen atoms in total. The summed E-state index contributed by atoms with van der Waals surface area (Å²) in [6.45, 7) is 11.1. The number of hydrogen-bond donors (Lipinski definition) is 1. The van der Waals surface area contributed by atoms with Crippen LogP contribution in [0.1, 0.15) is 53.0 Å². The minimum atomic E-state index is -0.737. The number of Topliss-reactive ketones (excluding diaryl/α,β-unsaturated/α-hetero) is 1. The van der Waals surface area contributed by atoms with Crippen LogP contribution in [0, 0.1) is 5.41 Å². The van der Waals surface area contributed by atoms with Crippen LogP contribution in [0.25, 0.3) is 0 Å². The standard InChI is InChI=1S/C13H21N3O2S/c1-8(17)7-13(5,6)9(18)14-11-16-15-10(19-11)12(2,3)4/h7H2,1-6H3,(H,14,16,18). The van der Waals surface area contributed by atoms with Crippen LogP contribution in [0.5, 0.6) is 0 Å². The van der Waals surface area contributed by atoms with Crippen molar-refractivity contribution in [1.29, 1.82) is 0 Å². The molecule has 0 bridgehead atoms. The van der Waals surface area contributed by atoms with Crippen molar-refractivity contribution in [2.24, 2.45) is 5.41 Å². The molecule has 0 saturated carbocycles. The van der Waals surface area contributed by atoms with Gasteiger partial charge in [0.15, 0.2) is 0 Å². The fourth-order valence-electron chi connectivity index (χ4n) is 1.55. The molecule has 0 aromatic carbocycles. The van der Waals surface area contributed by atoms with Gasteiger partial charge in [0.1, 0.15) is 10.8 Å². The second-order valence-corrected chi connectivity index (χ2v) is 7.36. The highest BCUT2D eigenvalue weighted by Gasteiger charge is 2.30. The van der Waals surface area contributed by atoms with Crippen molar-refractivity contribution < 1.29 is 9.59 Å². The predicted molar refractivity (Wildman–Crippen MR) is 76.3 cm³/mol. The zero-order valence-electron chi connectivity index (χ0n) is 12.3. The van der Waals surface area contributed by atoms with Crippen molar-refractivity contribution in [1.82, 2.24) is 10.2 Å². The maximum absolute atomic E-state index is 12.1. The lowest BCUT2D eigenvalue weighted by Crippen LogP contribution is -2.32. The molecule has 1 aromatic heterocycles. The molecular formula is C13H21N3O2S. The summed E-state index contributed by atoms with van der Waals surface area (Å²) >= 11 is 1.36. The molecule has 0 aliphatic heterocycles. The topological polar surface area (TPSA) is 72.0 Å². The van der Waals surface area contributed by atoms with Gasteiger partial charge in [0.2, 0.25) is 11.0 Å². The average Bonchev–Trinajstić information content (AvgIpc) is 2.63. The van der Waals surface area contributed by atoms with Gasteiger partial charge in [-0.15, -0.1) is 10.2 Å². The molecule has 19 heavy (non-hydrogen) atoms. The van der Waals surface area contributed by atoms with E-state index in [0.717, 1.165) is 5.01 Å². The van der Waals surface area contributed by atoms with E-state index in [2.05, 4.69) is 15.5 Å². The minimum Gasteiger partial charge on any atom is -0.300 e. The zero-order chi connectivity index (χ0) is 14.8. The third-order valence-electron chi connectivity index (χ3n) is 2.59. The first kappa shape index (κ1) is 15.8. The van der Waals surface area contributed by atoms with Crippen LogP contribution in [-0.4, -0.2) is 21.9 Å². The highest BCUT2D eigenvalue weighted by atomic mass is 32.1. The van der Waals surface area contributed by atoms with Gasteiger partial charge in [0, 0.05) is 11.8 Å². The number of carbonyl (C=O) groups excluding carboxylic acids is 2. The van der Waals surface area contributed by atoms with E-state index in [-0.39, 0.29) is 23.5 Å². The number of anilines is 1. The number of carbonyl (C=O) groups is 2. The van der Waals surface area contributed by atoms with Crippen LogP contribution in [0.3, 0.4) is 0 Å². The second-order valence-electron chi connectivity index (χ2n) is 6.38. The Labute approximate surface area is 117 Å². The Bertz CT molecular complexity index is 486. The summed E-state index contributed by atoms with van der Waals surface area (Å²) in [6.07, 6.45) is 0.212. The minimum absolute atomic E-state index is 0.00667. The first-order valence-electron chi connectivity index (χ1n) is 6.17. The number of rotatable bonds is 4. The number of nitrogens with zero attached hydrogens (tertiary/aromatic N) is 2. The highest BCUT2D eigenvalue weighted by molar-refractivity contribution is 7.15. The molecule has 0 atom stereocenters. The van der Waals surface area contributed by atoms with E-state index in [1.807, 2.05) is 20.8 Å². The van der Waals surface area contributed by atoms with Crippen molar-refractivity contribution >= 4 is 28.2 Å². The number of nitrogens with one attached hydrogen (secondary N) is 1. The van der Waals surface area contributed by atoms with Gasteiger partial charge in [-0.3, -0.25) is 9.59 Å². The summed E-state index contributed by atoms with van der Waals surface area (Å²) in [7, 11) is 0. The Kier molecular flexibility index (Phi) is 4.45. The van der Waals surface area contributed by atoms with Gasteiger partial charge in [-0.2, -0.15) is 0 Å². The first-order chi connectivity index (χ1) is 8.52. The normalized spacial score (nSPS) is 12.3. The summed E-state index contributed by atoms with van der Waals surface area (Å²) in [5.41, 5.74) is -0.824. The molecule has 0 spiro atoms. The Balaban J connectivity index is 2.77. The van der Waals surface area contributed by atoms with Crippen LogP contribution >= 0.6 is 11.3 Å². The van der Waals surface area contributed by atoms with Crippen LogP contribution in [0.15, 0.2) is 0 Å². The summed E-state index contributed by atoms with van der Waals surface area (Å²) in [6, 6.07) is 0. The maximum Gasteiger partial charge on any atom is 0.232 e. The summed E-state index contributed by atoms with van der Waals surface area (Å²) in [4.78, 5) is 23.3. The lowest BCUT2D eigenvalue weighted by atomic mass is 9.87. The first-order valence-corrected chi connectivity index (χ1v) is 6.99. The molecule has 0 fully saturated rings. The average molecular weight is 283 g/mol. The molecule has 0 radical (unpaired) electrons. The summed E-state index contributed by atoms with van der Waals surface area (Å²) in [5.74, 6) is -0.216. The molecule has 1 N–H and O–H groups in total. The van der Waals surface area contributed by atoms with Gasteiger partial charge in [0.25, 0.3) is 0 Å². The van der Waals surface area contributed by atoms with Crippen molar-refractivity contribution in [3.05, 3.63) is 5.01 Å². The molecule has 1 amide bonds. The lowest BCUT2D eigenvalue weighted by molar-refractivity contribution is -0.129. The number of amides is 1. The van der Waals surface area contributed by atoms with Crippen molar-refractivity contribution in [2.75, 3.05) is 5.32 Å². The largest absolute Gasteiger partial charge is 0.300 e. The van der Waals surface area contributed by atoms with Crippen LogP contribution in [-0.2, 0) is 15.0 Å². The molecule has 0 aliphatic rings. The van der Waals surface area contributed by atoms with Gasteiger partial charge in [-0.25, -0.2) is 0 Å². The van der Waals surface area contributed by atoms with Gasteiger partial charge in [-0.1, -0.05) is 46.0 Å². The molecule has 0 unspecified atom stereocenters. The predicted octanol–water partition coefficient (Wildman–Crippen LogP) is 2.78. The van der Waals surface area contributed by atoms with Gasteiger partial charge >= 0.3 is 0 Å². The van der Waals surface area contributed by atoms with E-state index < -0.39 is 5.41 Å². The Morgan fingerprint density at radius 3 is 2.16 bits per heavy atom. The number of hydrogen-bond acceptors (Lipinski definition) is 5. The molecule has 1 aromatic rings. The fourth-order valence-corrected chi connectivity index (χ4v) is 2.34. The highest BCUT2D eigenvalue weighted by Crippen LogP contribution is 2.29. The quantitative estimate of drug-likeness (QED) is 0.922. The number of aromatic nitrogens is 2. The van der Waals surface area contributed by atoms with E-state index in [4.69, 9.17) is 0 Å². The number of ketones is 1. The van der Waals surface area contributed by atoms with E-state index in [0.29, 0.717) is 5.13 Å². The Hall–Kier alpha value is -1.30. The van der Waals surface area contributed by atoms with Gasteiger partial charge in [0.05, 0.1) is 5.41 Å². The lowest BCUT2D eigenvalue weighted by Gasteiger charge is -2.20. The molecule has 106 valence electrons. The zero-order valence-corrected chi connectivity index (χ0v) is 13.1. The SMILES string of the molecule is CC(=O)CC(C)(C)C(=O)Nc1nnc(C(C)(C)C)s1. The van der Waals surface area contributed by atoms with Crippen LogP contribution < -0.4 is 5.32 Å². The second kappa shape index (κ2) is 5.36. The van der Waals surface area contributed by atoms with E-state index in [1.165, 1.54) is 18.3 Å². The summed E-state index contributed by atoms with van der Waals surface area (Å²) in [5, 5.41) is 12.1. The van der Waals surface area contributed by atoms with E-state index >= 15 is 0 Å². The summed E-state index contributed by atoms with van der Waals surface area (Å²) < 4.78 is 0. The van der Waals surface area contributed by atoms with Crippen molar-refractivity contribution in [2.45, 2.75) is 53.4 Å². The van der Waals surface area contributed by atoms with Crippen LogP contribution in [0.4, 0.5) is 5.13 Å². The monoisotopic (exact) mass is 283 g/mol. The van der Waals surface area contributed by atoms with Crippen molar-refractivity contribution in [3.8, 4) is 0 Å². The third kappa shape index (κ3) is 4.38.